The summed E-state index contributed by atoms with van der Waals surface area (Å²) >= 11 is 6.16. The summed E-state index contributed by atoms with van der Waals surface area (Å²) in [7, 11) is 3.19. The highest BCUT2D eigenvalue weighted by atomic mass is 35.5. The summed E-state index contributed by atoms with van der Waals surface area (Å²) in [4.78, 5) is 0. The predicted molar refractivity (Wildman–Crippen MR) is 64.7 cm³/mol. The van der Waals surface area contributed by atoms with Gasteiger partial charge in [-0.15, -0.1) is 0 Å². The van der Waals surface area contributed by atoms with Crippen LogP contribution in [0.1, 0.15) is 17.5 Å². The topological polar surface area (TPSA) is 38.7 Å². The third-order valence-corrected chi connectivity index (χ3v) is 2.91. The lowest BCUT2D eigenvalue weighted by Crippen LogP contribution is -2.00. The van der Waals surface area contributed by atoms with Gasteiger partial charge in [0.15, 0.2) is 11.5 Å². The van der Waals surface area contributed by atoms with Crippen LogP contribution in [0.2, 0.25) is 5.02 Å². The Labute approximate surface area is 101 Å². The molecule has 1 N–H and O–H groups in total. The summed E-state index contributed by atoms with van der Waals surface area (Å²) in [5.74, 6) is 1.34. The van der Waals surface area contributed by atoms with Crippen molar-refractivity contribution in [2.24, 2.45) is 0 Å². The number of ether oxygens (including phenoxy) is 2. The molecule has 0 heterocycles. The maximum Gasteiger partial charge on any atom is 0.163 e. The molecule has 0 unspecified atom stereocenters. The van der Waals surface area contributed by atoms with Crippen molar-refractivity contribution in [1.82, 2.24) is 0 Å². The molecule has 90 valence electrons. The largest absolute Gasteiger partial charge is 0.493 e. The highest BCUT2D eigenvalue weighted by molar-refractivity contribution is 6.31. The molecule has 0 radical (unpaired) electrons. The molecule has 0 bridgehead atoms. The van der Waals surface area contributed by atoms with Crippen LogP contribution in [-0.2, 0) is 6.42 Å². The number of hydrogen-bond donors (Lipinski definition) is 1. The van der Waals surface area contributed by atoms with Gasteiger partial charge in [-0.05, 0) is 30.9 Å². The van der Waals surface area contributed by atoms with Gasteiger partial charge in [0, 0.05) is 17.7 Å². The molecule has 0 atom stereocenters. The van der Waals surface area contributed by atoms with Gasteiger partial charge >= 0.3 is 0 Å². The van der Waals surface area contributed by atoms with Gasteiger partial charge in [0.2, 0.25) is 0 Å². The lowest BCUT2D eigenvalue weighted by atomic mass is 10.0. The molecule has 1 aromatic rings. The zero-order valence-corrected chi connectivity index (χ0v) is 10.6. The second-order valence-corrected chi connectivity index (χ2v) is 3.93. The summed E-state index contributed by atoms with van der Waals surface area (Å²) < 4.78 is 10.5. The van der Waals surface area contributed by atoms with Crippen LogP contribution in [0.3, 0.4) is 0 Å². The Bertz CT molecular complexity index is 364. The molecule has 0 aromatic heterocycles. The second kappa shape index (κ2) is 5.97. The van der Waals surface area contributed by atoms with E-state index in [1.165, 1.54) is 0 Å². The molecular weight excluding hydrogens is 228 g/mol. The number of aliphatic hydroxyl groups is 1. The van der Waals surface area contributed by atoms with E-state index in [2.05, 4.69) is 0 Å². The van der Waals surface area contributed by atoms with Gasteiger partial charge in [-0.3, -0.25) is 0 Å². The van der Waals surface area contributed by atoms with Crippen molar-refractivity contribution in [2.75, 3.05) is 20.8 Å². The maximum absolute atomic E-state index is 8.84. The van der Waals surface area contributed by atoms with Crippen LogP contribution in [-0.4, -0.2) is 25.9 Å². The number of halogens is 1. The molecule has 1 aromatic carbocycles. The first-order chi connectivity index (χ1) is 7.65. The van der Waals surface area contributed by atoms with Crippen LogP contribution < -0.4 is 9.47 Å². The maximum atomic E-state index is 8.84. The van der Waals surface area contributed by atoms with Crippen LogP contribution in [0.25, 0.3) is 0 Å². The van der Waals surface area contributed by atoms with Crippen molar-refractivity contribution in [3.05, 3.63) is 22.2 Å². The molecule has 4 heteroatoms. The average molecular weight is 245 g/mol. The molecule has 0 aliphatic heterocycles. The smallest absolute Gasteiger partial charge is 0.163 e. The molecule has 0 spiro atoms. The Hall–Kier alpha value is -0.930. The standard InChI is InChI=1S/C12H17ClO3/c1-8-9(5-4-6-14)10(13)7-11(15-2)12(8)16-3/h7,14H,4-6H2,1-3H3. The van der Waals surface area contributed by atoms with Crippen LogP contribution in [0.5, 0.6) is 11.5 Å². The predicted octanol–water partition coefficient (Wildman–Crippen LogP) is 2.59. The Balaban J connectivity index is 3.18. The van der Waals surface area contributed by atoms with E-state index in [-0.39, 0.29) is 6.61 Å². The van der Waals surface area contributed by atoms with Crippen molar-refractivity contribution >= 4 is 11.6 Å². The Morgan fingerprint density at radius 3 is 2.50 bits per heavy atom. The summed E-state index contributed by atoms with van der Waals surface area (Å²) in [5, 5.41) is 9.49. The number of methoxy groups -OCH3 is 2. The van der Waals surface area contributed by atoms with Crippen LogP contribution >= 0.6 is 11.6 Å². The summed E-state index contributed by atoms with van der Waals surface area (Å²) in [5.41, 5.74) is 1.98. The minimum Gasteiger partial charge on any atom is -0.493 e. The Morgan fingerprint density at radius 1 is 1.31 bits per heavy atom. The SMILES string of the molecule is COc1cc(Cl)c(CCCO)c(C)c1OC. The highest BCUT2D eigenvalue weighted by Gasteiger charge is 2.14. The van der Waals surface area contributed by atoms with Gasteiger partial charge in [-0.25, -0.2) is 0 Å². The number of benzene rings is 1. The lowest BCUT2D eigenvalue weighted by molar-refractivity contribution is 0.288. The lowest BCUT2D eigenvalue weighted by Gasteiger charge is -2.15. The van der Waals surface area contributed by atoms with E-state index in [0.717, 1.165) is 17.5 Å². The number of rotatable bonds is 5. The third kappa shape index (κ3) is 2.60. The number of hydrogen-bond acceptors (Lipinski definition) is 3. The number of aliphatic hydroxyl groups excluding tert-OH is 1. The molecule has 3 nitrogen and oxygen atoms in total. The minimum atomic E-state index is 0.157. The fourth-order valence-corrected chi connectivity index (χ4v) is 2.07. The van der Waals surface area contributed by atoms with Crippen LogP contribution in [0.15, 0.2) is 6.07 Å². The molecule has 0 aliphatic carbocycles. The van der Waals surface area contributed by atoms with Crippen LogP contribution in [0.4, 0.5) is 0 Å². The molecule has 16 heavy (non-hydrogen) atoms. The molecule has 0 saturated heterocycles. The molecule has 0 amide bonds. The van der Waals surface area contributed by atoms with Gasteiger partial charge in [-0.1, -0.05) is 11.6 Å². The molecule has 0 saturated carbocycles. The second-order valence-electron chi connectivity index (χ2n) is 3.52. The van der Waals surface area contributed by atoms with Gasteiger partial charge in [-0.2, -0.15) is 0 Å². The molecule has 0 fully saturated rings. The third-order valence-electron chi connectivity index (χ3n) is 2.57. The van der Waals surface area contributed by atoms with E-state index in [4.69, 9.17) is 26.2 Å². The molecule has 1 rings (SSSR count). The van der Waals surface area contributed by atoms with Gasteiger partial charge in [0.25, 0.3) is 0 Å². The monoisotopic (exact) mass is 244 g/mol. The fourth-order valence-electron chi connectivity index (χ4n) is 1.74. The van der Waals surface area contributed by atoms with E-state index in [0.29, 0.717) is 22.9 Å². The van der Waals surface area contributed by atoms with Crippen molar-refractivity contribution in [1.29, 1.82) is 0 Å². The molecule has 0 aliphatic rings. The van der Waals surface area contributed by atoms with E-state index in [1.807, 2.05) is 6.92 Å². The van der Waals surface area contributed by atoms with E-state index < -0.39 is 0 Å². The van der Waals surface area contributed by atoms with E-state index >= 15 is 0 Å². The van der Waals surface area contributed by atoms with Gasteiger partial charge in [0.1, 0.15) is 0 Å². The first-order valence-corrected chi connectivity index (χ1v) is 5.54. The first kappa shape index (κ1) is 13.1. The van der Waals surface area contributed by atoms with Crippen molar-refractivity contribution < 1.29 is 14.6 Å². The van der Waals surface area contributed by atoms with Crippen molar-refractivity contribution in [3.63, 3.8) is 0 Å². The zero-order chi connectivity index (χ0) is 12.1. The quantitative estimate of drug-likeness (QED) is 0.865. The molecular formula is C12H17ClO3. The van der Waals surface area contributed by atoms with Crippen molar-refractivity contribution in [2.45, 2.75) is 19.8 Å². The zero-order valence-electron chi connectivity index (χ0n) is 9.84. The highest BCUT2D eigenvalue weighted by Crippen LogP contribution is 2.37. The Morgan fingerprint density at radius 2 is 2.00 bits per heavy atom. The fraction of sp³-hybridized carbons (Fsp3) is 0.500. The summed E-state index contributed by atoms with van der Waals surface area (Å²) in [6.45, 7) is 2.10. The van der Waals surface area contributed by atoms with E-state index in [9.17, 15) is 0 Å². The van der Waals surface area contributed by atoms with Gasteiger partial charge in [0.05, 0.1) is 14.2 Å². The minimum absolute atomic E-state index is 0.157. The normalized spacial score (nSPS) is 10.3. The Kier molecular flexibility index (Phi) is 4.90. The van der Waals surface area contributed by atoms with Gasteiger partial charge < -0.3 is 14.6 Å². The summed E-state index contributed by atoms with van der Waals surface area (Å²) in [6, 6.07) is 1.75. The van der Waals surface area contributed by atoms with Crippen molar-refractivity contribution in [3.8, 4) is 11.5 Å². The first-order valence-electron chi connectivity index (χ1n) is 5.16. The average Bonchev–Trinajstić information content (AvgIpc) is 2.28. The summed E-state index contributed by atoms with van der Waals surface area (Å²) in [6.07, 6.45) is 1.43. The van der Waals surface area contributed by atoms with E-state index in [1.54, 1.807) is 20.3 Å². The van der Waals surface area contributed by atoms with Crippen LogP contribution in [0, 0.1) is 6.92 Å².